The van der Waals surface area contributed by atoms with Gasteiger partial charge in [-0.1, -0.05) is 0 Å². The molecule has 1 saturated heterocycles. The first kappa shape index (κ1) is 14.0. The van der Waals surface area contributed by atoms with E-state index in [0.29, 0.717) is 19.4 Å². The maximum absolute atomic E-state index is 12.4. The van der Waals surface area contributed by atoms with Crippen LogP contribution in [0.5, 0.6) is 0 Å². The molecule has 7 heteroatoms. The molecule has 1 N–H and O–H groups in total. The van der Waals surface area contributed by atoms with E-state index in [0.717, 1.165) is 6.42 Å². The molecule has 0 radical (unpaired) electrons. The Balaban J connectivity index is 2.17. The van der Waals surface area contributed by atoms with Crippen LogP contribution in [0, 0.1) is 0 Å². The monoisotopic (exact) mass is 284 g/mol. The number of carboxylic acid groups (broad SMARTS) is 1. The third-order valence-corrected chi connectivity index (χ3v) is 5.19. The van der Waals surface area contributed by atoms with E-state index in [1.165, 1.54) is 22.8 Å². The Hall–Kier alpha value is -1.47. The molecule has 2 rings (SSSR count). The quantitative estimate of drug-likeness (QED) is 0.874. The van der Waals surface area contributed by atoms with Crippen molar-refractivity contribution in [2.75, 3.05) is 6.54 Å². The van der Waals surface area contributed by atoms with E-state index in [1.807, 2.05) is 0 Å². The lowest BCUT2D eigenvalue weighted by atomic mass is 10.1. The van der Waals surface area contributed by atoms with Crippen LogP contribution in [0.3, 0.4) is 0 Å². The summed E-state index contributed by atoms with van der Waals surface area (Å²) in [6, 6.07) is 2.87. The third kappa shape index (κ3) is 3.10. The van der Waals surface area contributed by atoms with Crippen molar-refractivity contribution in [3.63, 3.8) is 0 Å². The van der Waals surface area contributed by atoms with Crippen molar-refractivity contribution in [1.29, 1.82) is 0 Å². The molecule has 2 heterocycles. The van der Waals surface area contributed by atoms with E-state index in [2.05, 4.69) is 4.98 Å². The lowest BCUT2D eigenvalue weighted by Gasteiger charge is -2.23. The number of carbonyl (C=O) groups is 1. The molecule has 0 spiro atoms. The van der Waals surface area contributed by atoms with Crippen molar-refractivity contribution in [2.45, 2.75) is 36.6 Å². The zero-order chi connectivity index (χ0) is 13.9. The van der Waals surface area contributed by atoms with Gasteiger partial charge in [0.05, 0.1) is 0 Å². The first-order chi connectivity index (χ1) is 9.01. The van der Waals surface area contributed by atoms with Crippen molar-refractivity contribution >= 4 is 16.0 Å². The van der Waals surface area contributed by atoms with Crippen LogP contribution in [0.25, 0.3) is 0 Å². The van der Waals surface area contributed by atoms with Gasteiger partial charge in [-0.2, -0.15) is 4.31 Å². The fraction of sp³-hybridized carbons (Fsp3) is 0.500. The lowest BCUT2D eigenvalue weighted by Crippen LogP contribution is -2.35. The van der Waals surface area contributed by atoms with Crippen molar-refractivity contribution < 1.29 is 18.3 Å². The molecule has 0 aromatic carbocycles. The van der Waals surface area contributed by atoms with E-state index in [9.17, 15) is 13.2 Å². The molecule has 1 unspecified atom stereocenters. The number of aliphatic carboxylic acids is 1. The molecule has 1 atom stereocenters. The number of nitrogens with zero attached hydrogens (tertiary/aromatic N) is 2. The van der Waals surface area contributed by atoms with E-state index in [1.54, 1.807) is 6.07 Å². The fourth-order valence-electron chi connectivity index (χ4n) is 2.34. The lowest BCUT2D eigenvalue weighted by molar-refractivity contribution is -0.137. The number of carboxylic acids is 1. The molecule has 0 aliphatic carbocycles. The Bertz CT molecular complexity index is 544. The maximum Gasteiger partial charge on any atom is 0.303 e. The highest BCUT2D eigenvalue weighted by molar-refractivity contribution is 7.89. The Labute approximate surface area is 112 Å². The number of pyridine rings is 1. The predicted octanol–water partition coefficient (Wildman–Crippen LogP) is 1.10. The van der Waals surface area contributed by atoms with Crippen LogP contribution >= 0.6 is 0 Å². The molecule has 19 heavy (non-hydrogen) atoms. The SMILES string of the molecule is O=C(O)CCC1CCCN1S(=O)(=O)c1cccnc1. The number of hydrogen-bond acceptors (Lipinski definition) is 4. The van der Waals surface area contributed by atoms with Crippen LogP contribution in [0.4, 0.5) is 0 Å². The van der Waals surface area contributed by atoms with Gasteiger partial charge in [-0.05, 0) is 31.4 Å². The number of rotatable bonds is 5. The average Bonchev–Trinajstić information content (AvgIpc) is 2.86. The standard InChI is InChI=1S/C12H16N2O4S/c15-12(16)6-5-10-3-2-8-14(10)19(17,18)11-4-1-7-13-9-11/h1,4,7,9-10H,2-3,5-6,8H2,(H,15,16). The fourth-order valence-corrected chi connectivity index (χ4v) is 4.03. The van der Waals surface area contributed by atoms with Gasteiger partial charge in [0.15, 0.2) is 0 Å². The third-order valence-electron chi connectivity index (χ3n) is 3.26. The smallest absolute Gasteiger partial charge is 0.303 e. The maximum atomic E-state index is 12.4. The van der Waals surface area contributed by atoms with Crippen LogP contribution in [0.15, 0.2) is 29.4 Å². The minimum Gasteiger partial charge on any atom is -0.481 e. The summed E-state index contributed by atoms with van der Waals surface area (Å²) in [4.78, 5) is 14.6. The summed E-state index contributed by atoms with van der Waals surface area (Å²) >= 11 is 0. The molecular weight excluding hydrogens is 268 g/mol. The topological polar surface area (TPSA) is 87.6 Å². The largest absolute Gasteiger partial charge is 0.481 e. The summed E-state index contributed by atoms with van der Waals surface area (Å²) in [7, 11) is -3.56. The number of aromatic nitrogens is 1. The van der Waals surface area contributed by atoms with Gasteiger partial charge in [0, 0.05) is 31.4 Å². The van der Waals surface area contributed by atoms with Crippen LogP contribution in [-0.4, -0.2) is 41.4 Å². The van der Waals surface area contributed by atoms with E-state index in [-0.39, 0.29) is 17.4 Å². The molecule has 1 aromatic heterocycles. The van der Waals surface area contributed by atoms with Gasteiger partial charge in [0.2, 0.25) is 10.0 Å². The molecule has 1 aliphatic heterocycles. The highest BCUT2D eigenvalue weighted by Gasteiger charge is 2.35. The minimum atomic E-state index is -3.56. The van der Waals surface area contributed by atoms with Crippen molar-refractivity contribution in [3.05, 3.63) is 24.5 Å². The summed E-state index contributed by atoms with van der Waals surface area (Å²) < 4.78 is 26.3. The van der Waals surface area contributed by atoms with Crippen LogP contribution in [0.2, 0.25) is 0 Å². The zero-order valence-electron chi connectivity index (χ0n) is 10.4. The first-order valence-electron chi connectivity index (χ1n) is 6.15. The second kappa shape index (κ2) is 5.66. The second-order valence-electron chi connectivity index (χ2n) is 4.53. The Morgan fingerprint density at radius 1 is 1.53 bits per heavy atom. The Morgan fingerprint density at radius 3 is 2.95 bits per heavy atom. The molecule has 1 aliphatic rings. The summed E-state index contributed by atoms with van der Waals surface area (Å²) in [5.41, 5.74) is 0. The highest BCUT2D eigenvalue weighted by Crippen LogP contribution is 2.28. The molecular formula is C12H16N2O4S. The molecule has 6 nitrogen and oxygen atoms in total. The normalized spacial score (nSPS) is 20.5. The summed E-state index contributed by atoms with van der Waals surface area (Å²) in [6.07, 6.45) is 4.67. The van der Waals surface area contributed by atoms with E-state index < -0.39 is 16.0 Å². The molecule has 0 bridgehead atoms. The van der Waals surface area contributed by atoms with Gasteiger partial charge >= 0.3 is 5.97 Å². The molecule has 0 amide bonds. The molecule has 1 aromatic rings. The van der Waals surface area contributed by atoms with Crippen LogP contribution < -0.4 is 0 Å². The Morgan fingerprint density at radius 2 is 2.32 bits per heavy atom. The summed E-state index contributed by atoms with van der Waals surface area (Å²) in [5, 5.41) is 8.70. The average molecular weight is 284 g/mol. The molecule has 1 fully saturated rings. The van der Waals surface area contributed by atoms with Gasteiger partial charge in [0.25, 0.3) is 0 Å². The molecule has 104 valence electrons. The van der Waals surface area contributed by atoms with Gasteiger partial charge in [-0.15, -0.1) is 0 Å². The summed E-state index contributed by atoms with van der Waals surface area (Å²) in [6.45, 7) is 0.446. The van der Waals surface area contributed by atoms with Gasteiger partial charge in [0.1, 0.15) is 4.90 Å². The van der Waals surface area contributed by atoms with Crippen molar-refractivity contribution in [3.8, 4) is 0 Å². The number of sulfonamides is 1. The first-order valence-corrected chi connectivity index (χ1v) is 7.59. The van der Waals surface area contributed by atoms with Crippen molar-refractivity contribution in [2.24, 2.45) is 0 Å². The highest BCUT2D eigenvalue weighted by atomic mass is 32.2. The van der Waals surface area contributed by atoms with Gasteiger partial charge in [-0.3, -0.25) is 9.78 Å². The van der Waals surface area contributed by atoms with Gasteiger partial charge < -0.3 is 5.11 Å². The van der Waals surface area contributed by atoms with Crippen molar-refractivity contribution in [1.82, 2.24) is 9.29 Å². The molecule has 0 saturated carbocycles. The predicted molar refractivity (Wildman–Crippen MR) is 68.0 cm³/mol. The van der Waals surface area contributed by atoms with E-state index in [4.69, 9.17) is 5.11 Å². The van der Waals surface area contributed by atoms with Crippen LogP contribution in [-0.2, 0) is 14.8 Å². The van der Waals surface area contributed by atoms with E-state index >= 15 is 0 Å². The zero-order valence-corrected chi connectivity index (χ0v) is 11.2. The Kier molecular flexibility index (Phi) is 4.16. The number of hydrogen-bond donors (Lipinski definition) is 1. The minimum absolute atomic E-state index is 0.0102. The second-order valence-corrected chi connectivity index (χ2v) is 6.42. The summed E-state index contributed by atoms with van der Waals surface area (Å²) in [5.74, 6) is -0.898. The van der Waals surface area contributed by atoms with Gasteiger partial charge in [-0.25, -0.2) is 8.42 Å². The van der Waals surface area contributed by atoms with Crippen LogP contribution in [0.1, 0.15) is 25.7 Å².